The van der Waals surface area contributed by atoms with Crippen molar-refractivity contribution < 1.29 is 17.9 Å². The first-order chi connectivity index (χ1) is 17.9. The van der Waals surface area contributed by atoms with Gasteiger partial charge < -0.3 is 25.6 Å². The Hall–Kier alpha value is -2.19. The molecule has 2 aromatic rings. The number of hydrogen-bond donors (Lipinski definition) is 3. The number of carbonyl (C=O) groups is 1. The van der Waals surface area contributed by atoms with E-state index in [1.807, 2.05) is 19.0 Å². The van der Waals surface area contributed by atoms with Gasteiger partial charge in [-0.1, -0.05) is 24.4 Å². The quantitative estimate of drug-likeness (QED) is 0.341. The van der Waals surface area contributed by atoms with Crippen LogP contribution in [0.25, 0.3) is 0 Å². The first-order valence-electron chi connectivity index (χ1n) is 12.2. The van der Waals surface area contributed by atoms with Crippen molar-refractivity contribution in [2.45, 2.75) is 37.8 Å². The van der Waals surface area contributed by atoms with Gasteiger partial charge in [0.05, 0.1) is 34.1 Å². The topological polar surface area (TPSA) is 129 Å². The van der Waals surface area contributed by atoms with Crippen LogP contribution in [-0.4, -0.2) is 93.2 Å². The van der Waals surface area contributed by atoms with E-state index in [0.717, 1.165) is 25.7 Å². The van der Waals surface area contributed by atoms with Crippen molar-refractivity contribution in [3.8, 4) is 5.75 Å². The molecule has 1 saturated carbocycles. The van der Waals surface area contributed by atoms with E-state index >= 15 is 0 Å². The molecule has 3 N–H and O–H groups in total. The second kappa shape index (κ2) is 13.2. The van der Waals surface area contributed by atoms with Crippen LogP contribution in [0.2, 0.25) is 5.02 Å². The molecule has 2 atom stereocenters. The number of nitrogens with zero attached hydrogens (tertiary/aromatic N) is 4. The van der Waals surface area contributed by atoms with E-state index in [0.29, 0.717) is 40.4 Å². The monoisotopic (exact) mass is 631 g/mol. The van der Waals surface area contributed by atoms with E-state index in [9.17, 15) is 13.2 Å². The lowest BCUT2D eigenvalue weighted by Gasteiger charge is -2.37. The number of ether oxygens (including phenoxy) is 1. The molecule has 1 heterocycles. The maximum absolute atomic E-state index is 12.6. The zero-order chi connectivity index (χ0) is 28.0. The zero-order valence-corrected chi connectivity index (χ0v) is 25.4. The summed E-state index contributed by atoms with van der Waals surface area (Å²) in [6.07, 6.45) is 6.36. The Kier molecular flexibility index (Phi) is 10.6. The van der Waals surface area contributed by atoms with Gasteiger partial charge in [-0.2, -0.15) is 4.98 Å². The molecule has 0 unspecified atom stereocenters. The normalized spacial score (nSPS) is 17.9. The molecule has 1 amide bonds. The lowest BCUT2D eigenvalue weighted by molar-refractivity contribution is 0.0951. The van der Waals surface area contributed by atoms with Crippen molar-refractivity contribution in [2.24, 2.45) is 0 Å². The predicted molar refractivity (Wildman–Crippen MR) is 154 cm³/mol. The third-order valence-corrected chi connectivity index (χ3v) is 8.62. The smallest absolute Gasteiger partial charge is 0.252 e. The van der Waals surface area contributed by atoms with Crippen molar-refractivity contribution in [1.82, 2.24) is 24.5 Å². The summed E-state index contributed by atoms with van der Waals surface area (Å²) in [5.41, 5.74) is 0.785. The summed E-state index contributed by atoms with van der Waals surface area (Å²) >= 11 is 9.94. The SMILES string of the molecule is COc1cc(C(=O)NCCN(C)C)c(Cl)cc1Nc1ncc(Br)c(N[C@@H]2CCCC[C@H]2N(C)S(C)(=O)=O)n1. The van der Waals surface area contributed by atoms with E-state index in [1.54, 1.807) is 25.4 Å². The predicted octanol–water partition coefficient (Wildman–Crippen LogP) is 3.55. The van der Waals surface area contributed by atoms with Gasteiger partial charge in [0.1, 0.15) is 11.6 Å². The fourth-order valence-corrected chi connectivity index (χ4v) is 5.57. The van der Waals surface area contributed by atoms with E-state index < -0.39 is 10.0 Å². The summed E-state index contributed by atoms with van der Waals surface area (Å²) < 4.78 is 32.0. The van der Waals surface area contributed by atoms with E-state index in [-0.39, 0.29) is 29.0 Å². The van der Waals surface area contributed by atoms with Gasteiger partial charge in [-0.3, -0.25) is 4.79 Å². The number of anilines is 3. The summed E-state index contributed by atoms with van der Waals surface area (Å²) in [7, 11) is 3.63. The van der Waals surface area contributed by atoms with Crippen LogP contribution < -0.4 is 20.7 Å². The molecular formula is C24H35BrClN7O4S. The fraction of sp³-hybridized carbons (Fsp3) is 0.542. The van der Waals surface area contributed by atoms with Crippen molar-refractivity contribution in [3.63, 3.8) is 0 Å². The molecule has 210 valence electrons. The highest BCUT2D eigenvalue weighted by atomic mass is 79.9. The molecule has 0 aliphatic heterocycles. The Morgan fingerprint density at radius 3 is 2.61 bits per heavy atom. The number of rotatable bonds is 11. The number of methoxy groups -OCH3 is 1. The van der Waals surface area contributed by atoms with Crippen molar-refractivity contribution >= 4 is 60.9 Å². The summed E-state index contributed by atoms with van der Waals surface area (Å²) in [5.74, 6) is 0.907. The Bertz CT molecular complexity index is 1250. The van der Waals surface area contributed by atoms with Gasteiger partial charge in [-0.25, -0.2) is 17.7 Å². The zero-order valence-electron chi connectivity index (χ0n) is 22.2. The van der Waals surface area contributed by atoms with E-state index in [4.69, 9.17) is 16.3 Å². The summed E-state index contributed by atoms with van der Waals surface area (Å²) in [4.78, 5) is 23.5. The second-order valence-electron chi connectivity index (χ2n) is 9.49. The van der Waals surface area contributed by atoms with Crippen LogP contribution in [0.15, 0.2) is 22.8 Å². The molecule has 1 aromatic heterocycles. The van der Waals surface area contributed by atoms with Crippen molar-refractivity contribution in [3.05, 3.63) is 33.4 Å². The molecule has 1 fully saturated rings. The number of amides is 1. The molecule has 3 rings (SSSR count). The maximum Gasteiger partial charge on any atom is 0.252 e. The van der Waals surface area contributed by atoms with Crippen molar-refractivity contribution in [2.75, 3.05) is 58.2 Å². The molecular weight excluding hydrogens is 598 g/mol. The third kappa shape index (κ3) is 7.92. The number of carbonyl (C=O) groups excluding carboxylic acids is 1. The van der Waals surface area contributed by atoms with Crippen LogP contribution in [-0.2, 0) is 10.0 Å². The minimum atomic E-state index is -3.34. The molecule has 0 radical (unpaired) electrons. The highest BCUT2D eigenvalue weighted by Gasteiger charge is 2.33. The van der Waals surface area contributed by atoms with Crippen LogP contribution in [0, 0.1) is 0 Å². The second-order valence-corrected chi connectivity index (χ2v) is 12.8. The minimum absolute atomic E-state index is 0.114. The van der Waals surface area contributed by atoms with E-state index in [2.05, 4.69) is 41.8 Å². The van der Waals surface area contributed by atoms with Gasteiger partial charge in [0, 0.05) is 38.4 Å². The number of aromatic nitrogens is 2. The average molecular weight is 633 g/mol. The Labute approximate surface area is 237 Å². The van der Waals surface area contributed by atoms with Crippen molar-refractivity contribution in [1.29, 1.82) is 0 Å². The van der Waals surface area contributed by atoms with Gasteiger partial charge in [-0.15, -0.1) is 0 Å². The van der Waals surface area contributed by atoms with Crippen LogP contribution in [0.1, 0.15) is 36.0 Å². The van der Waals surface area contributed by atoms with Gasteiger partial charge in [-0.05, 0) is 55.0 Å². The Balaban J connectivity index is 1.81. The lowest BCUT2D eigenvalue weighted by Crippen LogP contribution is -2.49. The maximum atomic E-state index is 12.6. The molecule has 0 saturated heterocycles. The number of sulfonamides is 1. The molecule has 1 aromatic carbocycles. The fourth-order valence-electron chi connectivity index (χ4n) is 4.27. The standard InChI is InChI=1S/C24H35BrClN7O4S/c1-32(2)11-10-27-23(34)15-12-21(37-4)19(13-17(15)26)30-24-28-14-16(25)22(31-24)29-18-8-6-7-9-20(18)33(3)38(5,35)36/h12-14,18,20H,6-11H2,1-5H3,(H,27,34)(H2,28,29,30,31)/t18-,20-/m1/s1. The molecule has 38 heavy (non-hydrogen) atoms. The Morgan fingerprint density at radius 1 is 1.24 bits per heavy atom. The molecule has 1 aliphatic rings. The summed E-state index contributed by atoms with van der Waals surface area (Å²) in [5, 5.41) is 9.62. The minimum Gasteiger partial charge on any atom is -0.495 e. The summed E-state index contributed by atoms with van der Waals surface area (Å²) in [6, 6.07) is 2.86. The number of hydrogen-bond acceptors (Lipinski definition) is 9. The number of halogens is 2. The highest BCUT2D eigenvalue weighted by molar-refractivity contribution is 9.10. The molecule has 1 aliphatic carbocycles. The number of nitrogens with one attached hydrogen (secondary N) is 3. The van der Waals surface area contributed by atoms with Gasteiger partial charge >= 0.3 is 0 Å². The van der Waals surface area contributed by atoms with E-state index in [1.165, 1.54) is 17.7 Å². The van der Waals surface area contributed by atoms with Gasteiger partial charge in [0.15, 0.2) is 0 Å². The van der Waals surface area contributed by atoms with Gasteiger partial charge in [0.25, 0.3) is 5.91 Å². The van der Waals surface area contributed by atoms with Gasteiger partial charge in [0.2, 0.25) is 16.0 Å². The number of benzene rings is 1. The first kappa shape index (κ1) is 30.4. The number of likely N-dealkylation sites (N-methyl/N-ethyl adjacent to an activating group) is 2. The highest BCUT2D eigenvalue weighted by Crippen LogP contribution is 2.34. The average Bonchev–Trinajstić information content (AvgIpc) is 2.85. The van der Waals surface area contributed by atoms with Crippen LogP contribution >= 0.6 is 27.5 Å². The van der Waals surface area contributed by atoms with Crippen LogP contribution in [0.5, 0.6) is 5.75 Å². The van der Waals surface area contributed by atoms with Crippen LogP contribution in [0.4, 0.5) is 17.5 Å². The molecule has 14 heteroatoms. The largest absolute Gasteiger partial charge is 0.495 e. The first-order valence-corrected chi connectivity index (χ1v) is 15.2. The molecule has 0 bridgehead atoms. The lowest BCUT2D eigenvalue weighted by atomic mass is 9.90. The summed E-state index contributed by atoms with van der Waals surface area (Å²) in [6.45, 7) is 1.18. The molecule has 11 nitrogen and oxygen atoms in total. The van der Waals surface area contributed by atoms with Crippen LogP contribution in [0.3, 0.4) is 0 Å². The third-order valence-electron chi connectivity index (χ3n) is 6.41. The Morgan fingerprint density at radius 2 is 1.95 bits per heavy atom. The molecule has 0 spiro atoms.